The van der Waals surface area contributed by atoms with Crippen molar-refractivity contribution in [2.75, 3.05) is 0 Å². The van der Waals surface area contributed by atoms with Crippen molar-refractivity contribution in [2.24, 2.45) is 0 Å². The van der Waals surface area contributed by atoms with Crippen LogP contribution in [0.1, 0.15) is 0 Å². The van der Waals surface area contributed by atoms with Crippen LogP contribution in [0.3, 0.4) is 0 Å². The summed E-state index contributed by atoms with van der Waals surface area (Å²) in [6, 6.07) is 0. The molecule has 1 radical (unpaired) electrons. The van der Waals surface area contributed by atoms with Crippen LogP contribution in [0.15, 0.2) is 0 Å². The zero-order valence-corrected chi connectivity index (χ0v) is 5.46. The van der Waals surface area contributed by atoms with Gasteiger partial charge in [-0.2, -0.15) is 13.2 Å². The molecule has 0 aliphatic carbocycles. The quantitative estimate of drug-likeness (QED) is 0.610. The topological polar surface area (TPSA) is 0 Å². The Bertz CT molecular complexity index is 130. The van der Waals surface area contributed by atoms with E-state index in [1.807, 2.05) is 0 Å². The number of hydrogen-bond donors (Lipinski definition) is 0. The molecular weight excluding hydrogens is 193 g/mol. The van der Waals surface area contributed by atoms with E-state index in [0.29, 0.717) is 0 Å². The summed E-state index contributed by atoms with van der Waals surface area (Å²) < 4.78 is 80.5. The van der Waals surface area contributed by atoms with E-state index in [1.54, 1.807) is 0 Å². The summed E-state index contributed by atoms with van der Waals surface area (Å²) >= 11 is 0. The molecule has 3 unspecified atom stereocenters. The largest absolute Gasteiger partial charge is 0.422 e. The van der Waals surface area contributed by atoms with Crippen molar-refractivity contribution in [3.05, 3.63) is 6.67 Å². The zero-order chi connectivity index (χ0) is 9.94. The summed E-state index contributed by atoms with van der Waals surface area (Å²) in [5.74, 6) is 0. The van der Waals surface area contributed by atoms with E-state index >= 15 is 0 Å². The molecular formula is C5H4F7. The van der Waals surface area contributed by atoms with Gasteiger partial charge in [-0.05, 0) is 0 Å². The maximum Gasteiger partial charge on any atom is 0.422 e. The average Bonchev–Trinajstić information content (AvgIpc) is 1.98. The third-order valence-corrected chi connectivity index (χ3v) is 1.02. The molecule has 0 fully saturated rings. The van der Waals surface area contributed by atoms with Gasteiger partial charge in [-0.3, -0.25) is 0 Å². The van der Waals surface area contributed by atoms with Crippen LogP contribution in [0.5, 0.6) is 0 Å². The third kappa shape index (κ3) is 2.86. The standard InChI is InChI=1S/C5H4F7/c6-1-2(7)3(8)4(9)5(10,11)12/h1-4H. The van der Waals surface area contributed by atoms with Crippen LogP contribution in [-0.2, 0) is 0 Å². The summed E-state index contributed by atoms with van der Waals surface area (Å²) in [4.78, 5) is 0. The summed E-state index contributed by atoms with van der Waals surface area (Å²) in [7, 11) is 0. The van der Waals surface area contributed by atoms with E-state index in [2.05, 4.69) is 0 Å². The molecule has 0 aromatic carbocycles. The first kappa shape index (κ1) is 11.5. The van der Waals surface area contributed by atoms with Gasteiger partial charge in [-0.1, -0.05) is 0 Å². The van der Waals surface area contributed by atoms with Crippen molar-refractivity contribution in [1.29, 1.82) is 0 Å². The van der Waals surface area contributed by atoms with Gasteiger partial charge in [0.25, 0.3) is 0 Å². The predicted octanol–water partition coefficient (Wildman–Crippen LogP) is 2.69. The minimum Gasteiger partial charge on any atom is -0.241 e. The molecule has 0 rings (SSSR count). The highest BCUT2D eigenvalue weighted by molar-refractivity contribution is 4.85. The van der Waals surface area contributed by atoms with Crippen LogP contribution < -0.4 is 0 Å². The zero-order valence-electron chi connectivity index (χ0n) is 5.46. The van der Waals surface area contributed by atoms with E-state index in [-0.39, 0.29) is 0 Å². The molecule has 0 heterocycles. The first-order chi connectivity index (χ1) is 5.30. The lowest BCUT2D eigenvalue weighted by Gasteiger charge is -2.17. The van der Waals surface area contributed by atoms with Gasteiger partial charge in [0.05, 0.1) is 0 Å². The second-order valence-electron chi connectivity index (χ2n) is 1.96. The molecule has 0 spiro atoms. The lowest BCUT2D eigenvalue weighted by Crippen LogP contribution is -2.38. The minimum atomic E-state index is -5.51. The molecule has 0 bridgehead atoms. The van der Waals surface area contributed by atoms with Crippen molar-refractivity contribution >= 4 is 0 Å². The monoisotopic (exact) mass is 197 g/mol. The van der Waals surface area contributed by atoms with Gasteiger partial charge in [0.1, 0.15) is 0 Å². The molecule has 0 saturated carbocycles. The summed E-state index contributed by atoms with van der Waals surface area (Å²) in [6.07, 6.45) is -16.2. The Labute approximate surface area is 63.4 Å². The molecule has 0 aliphatic heterocycles. The third-order valence-electron chi connectivity index (χ3n) is 1.02. The Morgan fingerprint density at radius 2 is 1.42 bits per heavy atom. The lowest BCUT2D eigenvalue weighted by molar-refractivity contribution is -0.201. The molecule has 0 saturated heterocycles. The molecule has 0 N–H and O–H groups in total. The normalized spacial score (nSPS) is 20.2. The van der Waals surface area contributed by atoms with Crippen LogP contribution in [-0.4, -0.2) is 24.7 Å². The molecule has 0 amide bonds. The SMILES string of the molecule is F[CH]C(F)C(F)C(F)C(F)(F)F. The van der Waals surface area contributed by atoms with Crippen molar-refractivity contribution in [2.45, 2.75) is 24.7 Å². The summed E-state index contributed by atoms with van der Waals surface area (Å²) in [6.45, 7) is -0.969. The van der Waals surface area contributed by atoms with Gasteiger partial charge >= 0.3 is 6.18 Å². The van der Waals surface area contributed by atoms with Gasteiger partial charge in [-0.25, -0.2) is 17.6 Å². The maximum atomic E-state index is 11.9. The fraction of sp³-hybridized carbons (Fsp3) is 0.800. The van der Waals surface area contributed by atoms with Crippen LogP contribution in [0.2, 0.25) is 0 Å². The van der Waals surface area contributed by atoms with Crippen LogP contribution in [0.25, 0.3) is 0 Å². The van der Waals surface area contributed by atoms with E-state index in [0.717, 1.165) is 0 Å². The van der Waals surface area contributed by atoms with Gasteiger partial charge in [0, 0.05) is 0 Å². The second kappa shape index (κ2) is 3.95. The van der Waals surface area contributed by atoms with E-state index < -0.39 is 31.4 Å². The molecule has 12 heavy (non-hydrogen) atoms. The maximum absolute atomic E-state index is 11.9. The van der Waals surface area contributed by atoms with Gasteiger partial charge in [0.2, 0.25) is 6.17 Å². The highest BCUT2D eigenvalue weighted by Gasteiger charge is 2.49. The fourth-order valence-corrected chi connectivity index (χ4v) is 0.411. The highest BCUT2D eigenvalue weighted by Crippen LogP contribution is 2.29. The smallest absolute Gasteiger partial charge is 0.241 e. The van der Waals surface area contributed by atoms with Gasteiger partial charge < -0.3 is 0 Å². The number of alkyl halides is 6. The molecule has 0 aliphatic rings. The van der Waals surface area contributed by atoms with Crippen molar-refractivity contribution in [1.82, 2.24) is 0 Å². The molecule has 3 atom stereocenters. The van der Waals surface area contributed by atoms with E-state index in [4.69, 9.17) is 0 Å². The van der Waals surface area contributed by atoms with Crippen molar-refractivity contribution in [3.63, 3.8) is 0 Å². The minimum absolute atomic E-state index is 0.969. The summed E-state index contributed by atoms with van der Waals surface area (Å²) in [5.41, 5.74) is 0. The first-order valence-corrected chi connectivity index (χ1v) is 2.73. The van der Waals surface area contributed by atoms with Gasteiger partial charge in [0.15, 0.2) is 19.0 Å². The Morgan fingerprint density at radius 1 is 1.00 bits per heavy atom. The Morgan fingerprint density at radius 3 is 1.67 bits per heavy atom. The van der Waals surface area contributed by atoms with Crippen LogP contribution in [0, 0.1) is 6.67 Å². The van der Waals surface area contributed by atoms with Crippen LogP contribution in [0.4, 0.5) is 30.7 Å². The Kier molecular flexibility index (Phi) is 3.79. The average molecular weight is 197 g/mol. The molecule has 0 aromatic rings. The Hall–Kier alpha value is -0.490. The molecule has 0 aromatic heterocycles. The Balaban J connectivity index is 4.19. The predicted molar refractivity (Wildman–Crippen MR) is 26.2 cm³/mol. The number of rotatable bonds is 3. The summed E-state index contributed by atoms with van der Waals surface area (Å²) in [5, 5.41) is 0. The number of hydrogen-bond acceptors (Lipinski definition) is 0. The molecule has 7 heteroatoms. The van der Waals surface area contributed by atoms with Crippen molar-refractivity contribution < 1.29 is 30.7 Å². The number of halogens is 7. The van der Waals surface area contributed by atoms with E-state index in [1.165, 1.54) is 0 Å². The van der Waals surface area contributed by atoms with Crippen LogP contribution >= 0.6 is 0 Å². The fourth-order valence-electron chi connectivity index (χ4n) is 0.411. The first-order valence-electron chi connectivity index (χ1n) is 2.73. The van der Waals surface area contributed by atoms with E-state index in [9.17, 15) is 30.7 Å². The molecule has 73 valence electrons. The highest BCUT2D eigenvalue weighted by atomic mass is 19.4. The molecule has 0 nitrogen and oxygen atoms in total. The lowest BCUT2D eigenvalue weighted by atomic mass is 10.1. The van der Waals surface area contributed by atoms with Gasteiger partial charge in [-0.15, -0.1) is 0 Å². The second-order valence-corrected chi connectivity index (χ2v) is 1.96. The van der Waals surface area contributed by atoms with Crippen molar-refractivity contribution in [3.8, 4) is 0 Å².